The maximum Gasteiger partial charge on any atom is 0.159 e. The van der Waals surface area contributed by atoms with E-state index in [4.69, 9.17) is 4.74 Å². The lowest BCUT2D eigenvalue weighted by atomic mass is 10.00. The van der Waals surface area contributed by atoms with Crippen LogP contribution in [0.3, 0.4) is 0 Å². The third-order valence-corrected chi connectivity index (χ3v) is 5.50. The maximum atomic E-state index is 5.82. The van der Waals surface area contributed by atoms with E-state index in [1.807, 2.05) is 42.7 Å². The van der Waals surface area contributed by atoms with Gasteiger partial charge in [-0.05, 0) is 74.3 Å². The van der Waals surface area contributed by atoms with E-state index in [0.29, 0.717) is 0 Å². The number of unbranched alkanes of at least 4 members (excludes halogenated alkanes) is 5. The Morgan fingerprint density at radius 2 is 1.69 bits per heavy atom. The van der Waals surface area contributed by atoms with Crippen molar-refractivity contribution in [2.45, 2.75) is 78.1 Å². The van der Waals surface area contributed by atoms with Crippen molar-refractivity contribution in [1.82, 2.24) is 9.97 Å². The van der Waals surface area contributed by atoms with Gasteiger partial charge in [0.2, 0.25) is 0 Å². The summed E-state index contributed by atoms with van der Waals surface area (Å²) in [4.78, 5) is 9.13. The molecule has 0 aliphatic rings. The van der Waals surface area contributed by atoms with Crippen molar-refractivity contribution in [2.24, 2.45) is 5.92 Å². The van der Waals surface area contributed by atoms with Crippen molar-refractivity contribution in [3.8, 4) is 17.1 Å². The average molecular weight is 395 g/mol. The highest BCUT2D eigenvalue weighted by Crippen LogP contribution is 2.20. The molecule has 3 heteroatoms. The van der Waals surface area contributed by atoms with Gasteiger partial charge in [-0.25, -0.2) is 9.97 Å². The van der Waals surface area contributed by atoms with E-state index in [-0.39, 0.29) is 0 Å². The monoisotopic (exact) mass is 394 g/mol. The highest BCUT2D eigenvalue weighted by molar-refractivity contribution is 5.55. The molecule has 0 aliphatic heterocycles. The van der Waals surface area contributed by atoms with Crippen LogP contribution in [0.15, 0.2) is 49.3 Å². The fourth-order valence-corrected chi connectivity index (χ4v) is 3.29. The molecule has 1 aromatic heterocycles. The van der Waals surface area contributed by atoms with Crippen molar-refractivity contribution in [2.75, 3.05) is 6.61 Å². The van der Waals surface area contributed by atoms with E-state index >= 15 is 0 Å². The molecule has 2 aromatic rings. The molecule has 0 amide bonds. The van der Waals surface area contributed by atoms with Gasteiger partial charge in [-0.2, -0.15) is 0 Å². The minimum atomic E-state index is 0.763. The predicted molar refractivity (Wildman–Crippen MR) is 123 cm³/mol. The van der Waals surface area contributed by atoms with Gasteiger partial charge in [-0.3, -0.25) is 0 Å². The van der Waals surface area contributed by atoms with Crippen molar-refractivity contribution in [3.63, 3.8) is 0 Å². The quantitative estimate of drug-likeness (QED) is 0.233. The van der Waals surface area contributed by atoms with Crippen LogP contribution in [0, 0.1) is 5.92 Å². The highest BCUT2D eigenvalue weighted by atomic mass is 16.5. The van der Waals surface area contributed by atoms with Crippen LogP contribution in [0.2, 0.25) is 0 Å². The topological polar surface area (TPSA) is 35.0 Å². The molecule has 0 N–H and O–H groups in total. The lowest BCUT2D eigenvalue weighted by molar-refractivity contribution is 0.305. The summed E-state index contributed by atoms with van der Waals surface area (Å²) in [7, 11) is 0. The molecule has 2 rings (SSSR count). The standard InChI is InChI=1S/C26H38N2O/c1-4-6-7-8-12-19-29-25-17-15-24(16-18-25)26-27-20-23(21-28-26)14-11-9-10-13-22(3)5-2/h4,15-18,20-22H,1,5-14,19H2,2-3H3/t22-/m0/s1. The Morgan fingerprint density at radius 1 is 0.966 bits per heavy atom. The van der Waals surface area contributed by atoms with Gasteiger partial charge in [0, 0.05) is 18.0 Å². The molecule has 0 fully saturated rings. The Bertz CT molecular complexity index is 679. The summed E-state index contributed by atoms with van der Waals surface area (Å²) in [6, 6.07) is 8.09. The van der Waals surface area contributed by atoms with Crippen molar-refractivity contribution in [1.29, 1.82) is 0 Å². The lowest BCUT2D eigenvalue weighted by Gasteiger charge is -2.08. The Morgan fingerprint density at radius 3 is 2.38 bits per heavy atom. The number of hydrogen-bond acceptors (Lipinski definition) is 3. The highest BCUT2D eigenvalue weighted by Gasteiger charge is 2.04. The number of nitrogens with zero attached hydrogens (tertiary/aromatic N) is 2. The zero-order valence-electron chi connectivity index (χ0n) is 18.4. The number of ether oxygens (including phenoxy) is 1. The van der Waals surface area contributed by atoms with Gasteiger partial charge in [-0.1, -0.05) is 45.6 Å². The molecular formula is C26H38N2O. The van der Waals surface area contributed by atoms with Crippen LogP contribution in [0.25, 0.3) is 11.4 Å². The van der Waals surface area contributed by atoms with Crippen molar-refractivity contribution < 1.29 is 4.74 Å². The van der Waals surface area contributed by atoms with Crippen LogP contribution in [-0.2, 0) is 6.42 Å². The van der Waals surface area contributed by atoms with Crippen LogP contribution in [0.5, 0.6) is 5.75 Å². The molecular weight excluding hydrogens is 356 g/mol. The van der Waals surface area contributed by atoms with Gasteiger partial charge >= 0.3 is 0 Å². The summed E-state index contributed by atoms with van der Waals surface area (Å²) in [6.07, 6.45) is 18.0. The summed E-state index contributed by atoms with van der Waals surface area (Å²) >= 11 is 0. The summed E-state index contributed by atoms with van der Waals surface area (Å²) in [5, 5.41) is 0. The fourth-order valence-electron chi connectivity index (χ4n) is 3.29. The maximum absolute atomic E-state index is 5.82. The molecule has 1 atom stereocenters. The second-order valence-corrected chi connectivity index (χ2v) is 8.04. The predicted octanol–water partition coefficient (Wildman–Crippen LogP) is 7.42. The van der Waals surface area contributed by atoms with Crippen molar-refractivity contribution >= 4 is 0 Å². The van der Waals surface area contributed by atoms with Gasteiger partial charge in [0.05, 0.1) is 6.61 Å². The van der Waals surface area contributed by atoms with Crippen LogP contribution < -0.4 is 4.74 Å². The van der Waals surface area contributed by atoms with Gasteiger partial charge in [0.15, 0.2) is 5.82 Å². The van der Waals surface area contributed by atoms with Crippen LogP contribution in [-0.4, -0.2) is 16.6 Å². The van der Waals surface area contributed by atoms with Crippen molar-refractivity contribution in [3.05, 3.63) is 54.9 Å². The summed E-state index contributed by atoms with van der Waals surface area (Å²) in [5.74, 6) is 2.55. The third-order valence-electron chi connectivity index (χ3n) is 5.50. The zero-order chi connectivity index (χ0) is 20.7. The molecule has 0 unspecified atom stereocenters. The number of benzene rings is 1. The number of aromatic nitrogens is 2. The first-order chi connectivity index (χ1) is 14.2. The molecule has 0 bridgehead atoms. The van der Waals surface area contributed by atoms with E-state index < -0.39 is 0 Å². The average Bonchev–Trinajstić information content (AvgIpc) is 2.76. The van der Waals surface area contributed by atoms with E-state index in [0.717, 1.165) is 48.9 Å². The molecule has 0 radical (unpaired) electrons. The molecule has 3 nitrogen and oxygen atoms in total. The van der Waals surface area contributed by atoms with E-state index in [1.165, 1.54) is 50.5 Å². The molecule has 1 heterocycles. The first kappa shape index (κ1) is 23.1. The first-order valence-corrected chi connectivity index (χ1v) is 11.4. The second-order valence-electron chi connectivity index (χ2n) is 8.04. The lowest BCUT2D eigenvalue weighted by Crippen LogP contribution is -1.97. The number of rotatable bonds is 15. The van der Waals surface area contributed by atoms with Crippen LogP contribution >= 0.6 is 0 Å². The van der Waals surface area contributed by atoms with Gasteiger partial charge in [0.1, 0.15) is 5.75 Å². The zero-order valence-corrected chi connectivity index (χ0v) is 18.4. The summed E-state index contributed by atoms with van der Waals surface area (Å²) in [5.41, 5.74) is 2.26. The number of hydrogen-bond donors (Lipinski definition) is 0. The number of aryl methyl sites for hydroxylation is 1. The minimum absolute atomic E-state index is 0.763. The van der Waals surface area contributed by atoms with E-state index in [1.54, 1.807) is 0 Å². The Labute approximate surface area is 177 Å². The summed E-state index contributed by atoms with van der Waals surface area (Å²) in [6.45, 7) is 9.13. The second kappa shape index (κ2) is 13.9. The van der Waals surface area contributed by atoms with E-state index in [9.17, 15) is 0 Å². The van der Waals surface area contributed by atoms with E-state index in [2.05, 4.69) is 30.4 Å². The molecule has 29 heavy (non-hydrogen) atoms. The molecule has 1 aromatic carbocycles. The fraction of sp³-hybridized carbons (Fsp3) is 0.538. The smallest absolute Gasteiger partial charge is 0.159 e. The first-order valence-electron chi connectivity index (χ1n) is 11.4. The SMILES string of the molecule is C=CCCCCCOc1ccc(-c2ncc(CCCCC[C@@H](C)CC)cn2)cc1. The Balaban J connectivity index is 1.71. The minimum Gasteiger partial charge on any atom is -0.494 e. The normalized spacial score (nSPS) is 11.9. The molecule has 0 aliphatic carbocycles. The van der Waals surface area contributed by atoms with Crippen LogP contribution in [0.4, 0.5) is 0 Å². The van der Waals surface area contributed by atoms with Gasteiger partial charge in [-0.15, -0.1) is 6.58 Å². The molecule has 0 spiro atoms. The summed E-state index contributed by atoms with van der Waals surface area (Å²) < 4.78 is 5.82. The third kappa shape index (κ3) is 9.25. The molecule has 0 saturated carbocycles. The molecule has 158 valence electrons. The van der Waals surface area contributed by atoms with Gasteiger partial charge in [0.25, 0.3) is 0 Å². The molecule has 0 saturated heterocycles. The number of allylic oxidation sites excluding steroid dienone is 1. The Hall–Kier alpha value is -2.16. The Kier molecular flexibility index (Phi) is 11.1. The van der Waals surface area contributed by atoms with Crippen LogP contribution in [0.1, 0.15) is 77.2 Å². The largest absolute Gasteiger partial charge is 0.494 e. The van der Waals surface area contributed by atoms with Gasteiger partial charge < -0.3 is 4.74 Å².